The summed E-state index contributed by atoms with van der Waals surface area (Å²) in [5.41, 5.74) is 1.68. The fourth-order valence-electron chi connectivity index (χ4n) is 4.34. The zero-order chi connectivity index (χ0) is 22.9. The summed E-state index contributed by atoms with van der Waals surface area (Å²) in [4.78, 5) is 28.4. The molecule has 2 aromatic rings. The van der Waals surface area contributed by atoms with Crippen LogP contribution in [0.3, 0.4) is 0 Å². The van der Waals surface area contributed by atoms with Gasteiger partial charge in [0.25, 0.3) is 0 Å². The zero-order valence-electron chi connectivity index (χ0n) is 19.0. The Kier molecular flexibility index (Phi) is 8.98. The molecule has 0 aromatic heterocycles. The third-order valence-corrected chi connectivity index (χ3v) is 6.49. The number of halogens is 1. The first kappa shape index (κ1) is 24.1. The van der Waals surface area contributed by atoms with Gasteiger partial charge in [-0.3, -0.25) is 9.59 Å². The van der Waals surface area contributed by atoms with Gasteiger partial charge in [0.2, 0.25) is 11.8 Å². The molecule has 1 fully saturated rings. The number of hydrogen-bond acceptors (Lipinski definition) is 3. The molecule has 2 aromatic carbocycles. The number of carbonyl (C=O) groups excluding carboxylic acids is 2. The predicted molar refractivity (Wildman–Crippen MR) is 128 cm³/mol. The van der Waals surface area contributed by atoms with Crippen LogP contribution >= 0.6 is 11.6 Å². The SMILES string of the molecule is CCC(C(=O)NC1CCCCC1)N(Cc1cccc(OC)c1)C(=O)Cc1ccccc1Cl. The average Bonchev–Trinajstić information content (AvgIpc) is 2.81. The number of nitrogens with one attached hydrogen (secondary N) is 1. The standard InChI is InChI=1S/C26H33ClN2O3/c1-3-24(26(31)28-21-12-5-4-6-13-21)29(18-19-10-9-14-22(16-19)32-2)25(30)17-20-11-7-8-15-23(20)27/h7-11,14-16,21,24H,3-6,12-13,17-18H2,1-2H3,(H,28,31). The van der Waals surface area contributed by atoms with Crippen molar-refractivity contribution < 1.29 is 14.3 Å². The third kappa shape index (κ3) is 6.49. The minimum absolute atomic E-state index is 0.0743. The van der Waals surface area contributed by atoms with Crippen molar-refractivity contribution in [2.75, 3.05) is 7.11 Å². The van der Waals surface area contributed by atoms with E-state index in [1.54, 1.807) is 18.1 Å². The molecule has 0 aliphatic heterocycles. The molecular formula is C26H33ClN2O3. The number of hydrogen-bond donors (Lipinski definition) is 1. The van der Waals surface area contributed by atoms with Crippen LogP contribution in [0.1, 0.15) is 56.6 Å². The van der Waals surface area contributed by atoms with Crippen molar-refractivity contribution in [1.29, 1.82) is 0 Å². The third-order valence-electron chi connectivity index (χ3n) is 6.12. The number of carbonyl (C=O) groups is 2. The quantitative estimate of drug-likeness (QED) is 0.567. The summed E-state index contributed by atoms with van der Waals surface area (Å²) in [5, 5.41) is 3.76. The first-order valence-corrected chi connectivity index (χ1v) is 11.9. The number of rotatable bonds is 9. The molecule has 0 radical (unpaired) electrons. The summed E-state index contributed by atoms with van der Waals surface area (Å²) in [6.45, 7) is 2.28. The van der Waals surface area contributed by atoms with Crippen LogP contribution < -0.4 is 10.1 Å². The number of ether oxygens (including phenoxy) is 1. The topological polar surface area (TPSA) is 58.6 Å². The van der Waals surface area contributed by atoms with E-state index < -0.39 is 6.04 Å². The van der Waals surface area contributed by atoms with Crippen molar-refractivity contribution in [3.63, 3.8) is 0 Å². The summed E-state index contributed by atoms with van der Waals surface area (Å²) >= 11 is 6.31. The van der Waals surface area contributed by atoms with Gasteiger partial charge in [-0.2, -0.15) is 0 Å². The molecule has 1 unspecified atom stereocenters. The Hall–Kier alpha value is -2.53. The van der Waals surface area contributed by atoms with Gasteiger partial charge in [0.15, 0.2) is 0 Å². The molecule has 5 nitrogen and oxygen atoms in total. The lowest BCUT2D eigenvalue weighted by atomic mass is 9.95. The second-order valence-corrected chi connectivity index (χ2v) is 8.82. The van der Waals surface area contributed by atoms with Gasteiger partial charge >= 0.3 is 0 Å². The van der Waals surface area contributed by atoms with E-state index >= 15 is 0 Å². The largest absolute Gasteiger partial charge is 0.497 e. The first-order chi connectivity index (χ1) is 15.5. The van der Waals surface area contributed by atoms with Crippen molar-refractivity contribution in [2.45, 2.75) is 70.5 Å². The zero-order valence-corrected chi connectivity index (χ0v) is 19.7. The smallest absolute Gasteiger partial charge is 0.243 e. The molecule has 1 aliphatic rings. The Bertz CT molecular complexity index is 911. The van der Waals surface area contributed by atoms with Gasteiger partial charge in [0.1, 0.15) is 11.8 Å². The number of nitrogens with zero attached hydrogens (tertiary/aromatic N) is 1. The van der Waals surface area contributed by atoms with Crippen molar-refractivity contribution in [1.82, 2.24) is 10.2 Å². The second-order valence-electron chi connectivity index (χ2n) is 8.41. The van der Waals surface area contributed by atoms with Crippen LogP contribution in [-0.2, 0) is 22.6 Å². The van der Waals surface area contributed by atoms with Crippen molar-refractivity contribution in [3.05, 3.63) is 64.7 Å². The van der Waals surface area contributed by atoms with E-state index in [2.05, 4.69) is 5.32 Å². The number of benzene rings is 2. The maximum atomic E-state index is 13.5. The van der Waals surface area contributed by atoms with Gasteiger partial charge in [-0.15, -0.1) is 0 Å². The summed E-state index contributed by atoms with van der Waals surface area (Å²) < 4.78 is 5.34. The van der Waals surface area contributed by atoms with Crippen LogP contribution in [0.25, 0.3) is 0 Å². The minimum Gasteiger partial charge on any atom is -0.497 e. The van der Waals surface area contributed by atoms with E-state index in [1.165, 1.54) is 6.42 Å². The normalized spacial score (nSPS) is 15.1. The molecule has 1 saturated carbocycles. The van der Waals surface area contributed by atoms with Crippen LogP contribution in [0.5, 0.6) is 5.75 Å². The average molecular weight is 457 g/mol. The second kappa shape index (κ2) is 11.9. The molecule has 0 saturated heterocycles. The highest BCUT2D eigenvalue weighted by Gasteiger charge is 2.30. The van der Waals surface area contributed by atoms with E-state index in [-0.39, 0.29) is 24.3 Å². The molecule has 1 N–H and O–H groups in total. The van der Waals surface area contributed by atoms with Gasteiger partial charge in [0, 0.05) is 17.6 Å². The highest BCUT2D eigenvalue weighted by atomic mass is 35.5. The molecule has 1 atom stereocenters. The molecule has 3 rings (SSSR count). The van der Waals surface area contributed by atoms with Gasteiger partial charge in [-0.05, 0) is 48.6 Å². The Labute approximate surface area is 196 Å². The van der Waals surface area contributed by atoms with Crippen LogP contribution in [0.2, 0.25) is 5.02 Å². The van der Waals surface area contributed by atoms with Crippen LogP contribution in [0.15, 0.2) is 48.5 Å². The highest BCUT2D eigenvalue weighted by Crippen LogP contribution is 2.22. The molecule has 6 heteroatoms. The predicted octanol–water partition coefficient (Wildman–Crippen LogP) is 5.15. The van der Waals surface area contributed by atoms with Crippen LogP contribution in [-0.4, -0.2) is 35.9 Å². The Morgan fingerprint density at radius 2 is 1.88 bits per heavy atom. The van der Waals surface area contributed by atoms with E-state index in [4.69, 9.17) is 16.3 Å². The fourth-order valence-corrected chi connectivity index (χ4v) is 4.54. The van der Waals surface area contributed by atoms with Gasteiger partial charge in [-0.25, -0.2) is 0 Å². The maximum Gasteiger partial charge on any atom is 0.243 e. The Balaban J connectivity index is 1.83. The van der Waals surface area contributed by atoms with Crippen LogP contribution in [0.4, 0.5) is 0 Å². The van der Waals surface area contributed by atoms with Gasteiger partial charge < -0.3 is 15.0 Å². The summed E-state index contributed by atoms with van der Waals surface area (Å²) in [5.74, 6) is 0.530. The molecule has 0 heterocycles. The van der Waals surface area contributed by atoms with Gasteiger partial charge in [0.05, 0.1) is 13.5 Å². The summed E-state index contributed by atoms with van der Waals surface area (Å²) in [6.07, 6.45) is 6.20. The molecule has 172 valence electrons. The maximum absolute atomic E-state index is 13.5. The van der Waals surface area contributed by atoms with E-state index in [9.17, 15) is 9.59 Å². The number of amides is 2. The molecule has 0 bridgehead atoms. The molecule has 32 heavy (non-hydrogen) atoms. The molecule has 2 amide bonds. The fraction of sp³-hybridized carbons (Fsp3) is 0.462. The Morgan fingerprint density at radius 3 is 2.56 bits per heavy atom. The van der Waals surface area contributed by atoms with Gasteiger partial charge in [-0.1, -0.05) is 68.1 Å². The lowest BCUT2D eigenvalue weighted by Crippen LogP contribution is -2.52. The van der Waals surface area contributed by atoms with Crippen LogP contribution in [0, 0.1) is 0 Å². The summed E-state index contributed by atoms with van der Waals surface area (Å²) in [7, 11) is 1.62. The molecule has 0 spiro atoms. The summed E-state index contributed by atoms with van der Waals surface area (Å²) in [6, 6.07) is 14.6. The van der Waals surface area contributed by atoms with E-state index in [0.717, 1.165) is 42.6 Å². The van der Waals surface area contributed by atoms with E-state index in [0.29, 0.717) is 18.0 Å². The van der Waals surface area contributed by atoms with E-state index in [1.807, 2.05) is 49.4 Å². The van der Waals surface area contributed by atoms with Crippen molar-refractivity contribution >= 4 is 23.4 Å². The number of methoxy groups -OCH3 is 1. The molecule has 1 aliphatic carbocycles. The minimum atomic E-state index is -0.543. The lowest BCUT2D eigenvalue weighted by molar-refractivity contribution is -0.141. The highest BCUT2D eigenvalue weighted by molar-refractivity contribution is 6.31. The van der Waals surface area contributed by atoms with Crippen molar-refractivity contribution in [2.24, 2.45) is 0 Å². The van der Waals surface area contributed by atoms with Crippen molar-refractivity contribution in [3.8, 4) is 5.75 Å². The lowest BCUT2D eigenvalue weighted by Gasteiger charge is -2.33. The monoisotopic (exact) mass is 456 g/mol. The Morgan fingerprint density at radius 1 is 1.12 bits per heavy atom. The first-order valence-electron chi connectivity index (χ1n) is 11.5. The molecular weight excluding hydrogens is 424 g/mol.